The number of thioether (sulfide) groups is 1. The van der Waals surface area contributed by atoms with Crippen molar-refractivity contribution in [3.8, 4) is 5.75 Å². The Morgan fingerprint density at radius 2 is 2.25 bits per heavy atom. The standard InChI is InChI=1S/C11H13ClO3S/c1-3-6-15-8-5-4-7(11(13)14)10(16-2)9(8)12/h4-5H,3,6H2,1-2H3,(H,13,14). The van der Waals surface area contributed by atoms with Crippen molar-refractivity contribution in [1.82, 2.24) is 0 Å². The molecular formula is C11H13ClO3S. The highest BCUT2D eigenvalue weighted by Gasteiger charge is 2.16. The van der Waals surface area contributed by atoms with Crippen LogP contribution in [0.25, 0.3) is 0 Å². The van der Waals surface area contributed by atoms with Gasteiger partial charge < -0.3 is 9.84 Å². The minimum absolute atomic E-state index is 0.210. The van der Waals surface area contributed by atoms with Crippen molar-refractivity contribution in [3.05, 3.63) is 22.7 Å². The zero-order valence-corrected chi connectivity index (χ0v) is 10.7. The number of hydrogen-bond acceptors (Lipinski definition) is 3. The van der Waals surface area contributed by atoms with Gasteiger partial charge in [-0.2, -0.15) is 0 Å². The van der Waals surface area contributed by atoms with Gasteiger partial charge in [0.25, 0.3) is 0 Å². The third-order valence-electron chi connectivity index (χ3n) is 1.96. The van der Waals surface area contributed by atoms with E-state index in [1.807, 2.05) is 6.92 Å². The van der Waals surface area contributed by atoms with Gasteiger partial charge in [0.2, 0.25) is 0 Å². The number of carboxylic acid groups (broad SMARTS) is 1. The van der Waals surface area contributed by atoms with Crippen molar-refractivity contribution in [3.63, 3.8) is 0 Å². The van der Waals surface area contributed by atoms with Gasteiger partial charge in [-0.15, -0.1) is 11.8 Å². The van der Waals surface area contributed by atoms with Gasteiger partial charge in [-0.1, -0.05) is 18.5 Å². The van der Waals surface area contributed by atoms with Gasteiger partial charge in [0.1, 0.15) is 5.75 Å². The number of rotatable bonds is 5. The third kappa shape index (κ3) is 2.83. The Morgan fingerprint density at radius 3 is 2.75 bits per heavy atom. The van der Waals surface area contributed by atoms with Crippen molar-refractivity contribution in [2.75, 3.05) is 12.9 Å². The second-order valence-electron chi connectivity index (χ2n) is 3.11. The van der Waals surface area contributed by atoms with E-state index in [1.165, 1.54) is 17.8 Å². The molecule has 5 heteroatoms. The van der Waals surface area contributed by atoms with Gasteiger partial charge in [-0.25, -0.2) is 4.79 Å². The monoisotopic (exact) mass is 260 g/mol. The van der Waals surface area contributed by atoms with Crippen LogP contribution in [0.1, 0.15) is 23.7 Å². The fourth-order valence-electron chi connectivity index (χ4n) is 1.23. The highest BCUT2D eigenvalue weighted by molar-refractivity contribution is 7.98. The summed E-state index contributed by atoms with van der Waals surface area (Å²) in [6, 6.07) is 3.12. The molecule has 0 heterocycles. The number of ether oxygens (including phenoxy) is 1. The lowest BCUT2D eigenvalue weighted by atomic mass is 10.2. The Kier molecular flexibility index (Phi) is 4.96. The van der Waals surface area contributed by atoms with Gasteiger partial charge in [0, 0.05) is 4.90 Å². The maximum Gasteiger partial charge on any atom is 0.336 e. The van der Waals surface area contributed by atoms with E-state index in [2.05, 4.69) is 0 Å². The number of aromatic carboxylic acids is 1. The molecule has 0 amide bonds. The van der Waals surface area contributed by atoms with Gasteiger partial charge >= 0.3 is 5.97 Å². The van der Waals surface area contributed by atoms with E-state index in [1.54, 1.807) is 12.3 Å². The smallest absolute Gasteiger partial charge is 0.336 e. The zero-order chi connectivity index (χ0) is 12.1. The predicted molar refractivity (Wildman–Crippen MR) is 66.0 cm³/mol. The maximum absolute atomic E-state index is 10.9. The Bertz CT molecular complexity index is 393. The number of carbonyl (C=O) groups is 1. The molecule has 0 bridgehead atoms. The molecule has 0 unspecified atom stereocenters. The number of carboxylic acids is 1. The number of halogens is 1. The molecule has 1 aromatic rings. The summed E-state index contributed by atoms with van der Waals surface area (Å²) < 4.78 is 5.42. The highest BCUT2D eigenvalue weighted by Crippen LogP contribution is 2.36. The van der Waals surface area contributed by atoms with Crippen LogP contribution < -0.4 is 4.74 Å². The van der Waals surface area contributed by atoms with Gasteiger partial charge in [-0.3, -0.25) is 0 Å². The molecule has 0 saturated heterocycles. The highest BCUT2D eigenvalue weighted by atomic mass is 35.5. The van der Waals surface area contributed by atoms with E-state index in [4.69, 9.17) is 21.4 Å². The van der Waals surface area contributed by atoms with Crippen LogP contribution in [0.15, 0.2) is 17.0 Å². The van der Waals surface area contributed by atoms with Crippen LogP contribution in [0.2, 0.25) is 5.02 Å². The first-order valence-electron chi connectivity index (χ1n) is 4.84. The largest absolute Gasteiger partial charge is 0.492 e. The Hall–Kier alpha value is -0.870. The van der Waals surface area contributed by atoms with Gasteiger partial charge in [0.05, 0.1) is 17.2 Å². The summed E-state index contributed by atoms with van der Waals surface area (Å²) in [5.74, 6) is -0.439. The van der Waals surface area contributed by atoms with Crippen molar-refractivity contribution in [1.29, 1.82) is 0 Å². The molecule has 0 aliphatic rings. The van der Waals surface area contributed by atoms with Crippen LogP contribution in [0, 0.1) is 0 Å². The lowest BCUT2D eigenvalue weighted by Crippen LogP contribution is -2.02. The lowest BCUT2D eigenvalue weighted by molar-refractivity contribution is 0.0693. The fourth-order valence-corrected chi connectivity index (χ4v) is 2.34. The summed E-state index contributed by atoms with van der Waals surface area (Å²) in [6.07, 6.45) is 2.67. The first-order chi connectivity index (χ1) is 7.61. The fraction of sp³-hybridized carbons (Fsp3) is 0.364. The summed E-state index contributed by atoms with van der Waals surface area (Å²) in [7, 11) is 0. The van der Waals surface area contributed by atoms with Crippen LogP contribution in [0.5, 0.6) is 5.75 Å². The van der Waals surface area contributed by atoms with E-state index < -0.39 is 5.97 Å². The minimum Gasteiger partial charge on any atom is -0.492 e. The Balaban J connectivity index is 3.12. The quantitative estimate of drug-likeness (QED) is 0.823. The molecule has 1 N–H and O–H groups in total. The number of benzene rings is 1. The van der Waals surface area contributed by atoms with E-state index in [0.29, 0.717) is 22.3 Å². The Morgan fingerprint density at radius 1 is 1.56 bits per heavy atom. The summed E-state index contributed by atoms with van der Waals surface area (Å²) in [5.41, 5.74) is 0.210. The number of hydrogen-bond donors (Lipinski definition) is 1. The summed E-state index contributed by atoms with van der Waals surface area (Å²) >= 11 is 7.39. The maximum atomic E-state index is 10.9. The van der Waals surface area contributed by atoms with Crippen molar-refractivity contribution in [2.45, 2.75) is 18.2 Å². The van der Waals surface area contributed by atoms with E-state index >= 15 is 0 Å². The minimum atomic E-state index is -0.978. The molecule has 0 spiro atoms. The van der Waals surface area contributed by atoms with Crippen molar-refractivity contribution >= 4 is 29.3 Å². The molecule has 0 atom stereocenters. The molecule has 1 aromatic carbocycles. The Labute approximate surface area is 104 Å². The second-order valence-corrected chi connectivity index (χ2v) is 4.31. The predicted octanol–water partition coefficient (Wildman–Crippen LogP) is 3.55. The molecule has 0 aliphatic carbocycles. The average molecular weight is 261 g/mol. The molecule has 3 nitrogen and oxygen atoms in total. The molecule has 0 aromatic heterocycles. The topological polar surface area (TPSA) is 46.5 Å². The van der Waals surface area contributed by atoms with Gasteiger partial charge in [0.15, 0.2) is 0 Å². The van der Waals surface area contributed by atoms with Crippen LogP contribution in [-0.2, 0) is 0 Å². The van der Waals surface area contributed by atoms with Gasteiger partial charge in [-0.05, 0) is 24.8 Å². The molecular weight excluding hydrogens is 248 g/mol. The second kappa shape index (κ2) is 6.01. The first-order valence-corrected chi connectivity index (χ1v) is 6.44. The molecule has 0 radical (unpaired) electrons. The molecule has 0 fully saturated rings. The molecule has 88 valence electrons. The van der Waals surface area contributed by atoms with Crippen LogP contribution in [-0.4, -0.2) is 23.9 Å². The van der Waals surface area contributed by atoms with Crippen LogP contribution in [0.4, 0.5) is 0 Å². The van der Waals surface area contributed by atoms with Crippen molar-refractivity contribution < 1.29 is 14.6 Å². The van der Waals surface area contributed by atoms with Crippen LogP contribution in [0.3, 0.4) is 0 Å². The third-order valence-corrected chi connectivity index (χ3v) is 3.28. The molecule has 1 rings (SSSR count). The molecule has 0 aliphatic heterocycles. The van der Waals surface area contributed by atoms with Crippen molar-refractivity contribution in [2.24, 2.45) is 0 Å². The lowest BCUT2D eigenvalue weighted by Gasteiger charge is -2.11. The molecule has 0 saturated carbocycles. The molecule has 16 heavy (non-hydrogen) atoms. The first kappa shape index (κ1) is 13.2. The normalized spacial score (nSPS) is 10.2. The van der Waals surface area contributed by atoms with E-state index in [9.17, 15) is 4.79 Å². The van der Waals surface area contributed by atoms with E-state index in [0.717, 1.165) is 6.42 Å². The zero-order valence-electron chi connectivity index (χ0n) is 9.12. The summed E-state index contributed by atoms with van der Waals surface area (Å²) in [4.78, 5) is 11.5. The summed E-state index contributed by atoms with van der Waals surface area (Å²) in [6.45, 7) is 2.56. The average Bonchev–Trinajstić information content (AvgIpc) is 2.26. The SMILES string of the molecule is CCCOc1ccc(C(=O)O)c(SC)c1Cl. The van der Waals surface area contributed by atoms with E-state index in [-0.39, 0.29) is 5.56 Å². The van der Waals surface area contributed by atoms with Crippen LogP contribution >= 0.6 is 23.4 Å². The summed E-state index contributed by atoms with van der Waals surface area (Å²) in [5, 5.41) is 9.35.